The van der Waals surface area contributed by atoms with Gasteiger partial charge in [-0.1, -0.05) is 23.7 Å². The Bertz CT molecular complexity index is 615. The van der Waals surface area contributed by atoms with E-state index in [2.05, 4.69) is 29.4 Å². The molecule has 1 aliphatic heterocycles. The van der Waals surface area contributed by atoms with E-state index in [0.717, 1.165) is 18.8 Å². The lowest BCUT2D eigenvalue weighted by Gasteiger charge is -2.25. The van der Waals surface area contributed by atoms with Crippen LogP contribution in [0.2, 0.25) is 5.02 Å². The van der Waals surface area contributed by atoms with E-state index < -0.39 is 0 Å². The number of pyridine rings is 1. The van der Waals surface area contributed by atoms with Gasteiger partial charge in [0.1, 0.15) is 6.10 Å². The van der Waals surface area contributed by atoms with E-state index in [9.17, 15) is 0 Å². The summed E-state index contributed by atoms with van der Waals surface area (Å²) in [6.45, 7) is 3.98. The standard InChI is InChI=1S/C17H20ClN3O/c1-11(22-17-7-4-13(18)8-21-17)15-9-20-10-16(15)12-2-5-14(19)6-3-12/h2-8,11,15-16,20H,9-10,19H2,1H3/t11-,15+,16+/m0/s1. The third-order valence-corrected chi connectivity index (χ3v) is 4.46. The van der Waals surface area contributed by atoms with E-state index in [1.165, 1.54) is 5.56 Å². The summed E-state index contributed by atoms with van der Waals surface area (Å²) < 4.78 is 5.99. The van der Waals surface area contributed by atoms with Gasteiger partial charge in [0.25, 0.3) is 0 Å². The number of aromatic nitrogens is 1. The van der Waals surface area contributed by atoms with E-state index in [4.69, 9.17) is 22.1 Å². The molecule has 1 saturated heterocycles. The molecule has 1 aliphatic rings. The molecule has 3 atom stereocenters. The van der Waals surface area contributed by atoms with Gasteiger partial charge >= 0.3 is 0 Å². The van der Waals surface area contributed by atoms with Crippen molar-refractivity contribution in [3.8, 4) is 5.88 Å². The van der Waals surface area contributed by atoms with Gasteiger partial charge in [-0.2, -0.15) is 0 Å². The topological polar surface area (TPSA) is 60.2 Å². The number of nitrogens with two attached hydrogens (primary N) is 1. The van der Waals surface area contributed by atoms with Crippen molar-refractivity contribution in [1.82, 2.24) is 10.3 Å². The molecule has 2 heterocycles. The molecule has 0 unspecified atom stereocenters. The van der Waals surface area contributed by atoms with Gasteiger partial charge in [-0.05, 0) is 30.7 Å². The van der Waals surface area contributed by atoms with E-state index >= 15 is 0 Å². The van der Waals surface area contributed by atoms with Crippen LogP contribution in [0.5, 0.6) is 5.88 Å². The molecule has 0 spiro atoms. The van der Waals surface area contributed by atoms with Crippen molar-refractivity contribution in [1.29, 1.82) is 0 Å². The van der Waals surface area contributed by atoms with Gasteiger partial charge in [0.05, 0.1) is 5.02 Å². The third kappa shape index (κ3) is 3.34. The van der Waals surface area contributed by atoms with Gasteiger partial charge in [0, 0.05) is 42.9 Å². The Labute approximate surface area is 135 Å². The van der Waals surface area contributed by atoms with E-state index in [1.54, 1.807) is 18.3 Å². The minimum absolute atomic E-state index is 0.0613. The molecule has 116 valence electrons. The van der Waals surface area contributed by atoms with Gasteiger partial charge in [-0.3, -0.25) is 0 Å². The summed E-state index contributed by atoms with van der Waals surface area (Å²) in [4.78, 5) is 4.21. The first-order chi connectivity index (χ1) is 10.6. The number of hydrogen-bond acceptors (Lipinski definition) is 4. The van der Waals surface area contributed by atoms with Gasteiger partial charge in [0.2, 0.25) is 5.88 Å². The highest BCUT2D eigenvalue weighted by atomic mass is 35.5. The van der Waals surface area contributed by atoms with E-state index in [-0.39, 0.29) is 6.10 Å². The van der Waals surface area contributed by atoms with E-state index in [1.807, 2.05) is 12.1 Å². The van der Waals surface area contributed by atoms with Crippen LogP contribution in [0, 0.1) is 5.92 Å². The monoisotopic (exact) mass is 317 g/mol. The fraction of sp³-hybridized carbons (Fsp3) is 0.353. The van der Waals surface area contributed by atoms with Gasteiger partial charge in [0.15, 0.2) is 0 Å². The molecule has 22 heavy (non-hydrogen) atoms. The lowest BCUT2D eigenvalue weighted by atomic mass is 9.85. The maximum Gasteiger partial charge on any atom is 0.213 e. The fourth-order valence-corrected chi connectivity index (χ4v) is 3.12. The molecule has 0 radical (unpaired) electrons. The quantitative estimate of drug-likeness (QED) is 0.851. The molecule has 0 bridgehead atoms. The first-order valence-corrected chi connectivity index (χ1v) is 7.85. The largest absolute Gasteiger partial charge is 0.474 e. The highest BCUT2D eigenvalue weighted by molar-refractivity contribution is 6.30. The molecule has 4 nitrogen and oxygen atoms in total. The van der Waals surface area contributed by atoms with Crippen molar-refractivity contribution in [3.05, 3.63) is 53.2 Å². The summed E-state index contributed by atoms with van der Waals surface area (Å²) in [7, 11) is 0. The van der Waals surface area contributed by atoms with Crippen molar-refractivity contribution < 1.29 is 4.74 Å². The molecule has 1 fully saturated rings. The predicted molar refractivity (Wildman–Crippen MR) is 89.3 cm³/mol. The zero-order valence-corrected chi connectivity index (χ0v) is 13.3. The normalized spacial score (nSPS) is 22.5. The highest BCUT2D eigenvalue weighted by Crippen LogP contribution is 2.32. The summed E-state index contributed by atoms with van der Waals surface area (Å²) in [6, 6.07) is 11.7. The molecule has 3 rings (SSSR count). The number of halogens is 1. The third-order valence-electron chi connectivity index (χ3n) is 4.24. The second-order valence-corrected chi connectivity index (χ2v) is 6.17. The molecule has 2 aromatic rings. The minimum atomic E-state index is 0.0613. The van der Waals surface area contributed by atoms with Crippen LogP contribution >= 0.6 is 11.6 Å². The van der Waals surface area contributed by atoms with Crippen LogP contribution in [0.3, 0.4) is 0 Å². The zero-order chi connectivity index (χ0) is 15.5. The summed E-state index contributed by atoms with van der Waals surface area (Å²) >= 11 is 5.85. The zero-order valence-electron chi connectivity index (χ0n) is 12.5. The molecule has 0 amide bonds. The Balaban J connectivity index is 1.71. The van der Waals surface area contributed by atoms with Crippen LogP contribution in [0.25, 0.3) is 0 Å². The second-order valence-electron chi connectivity index (χ2n) is 5.73. The molecular weight excluding hydrogens is 298 g/mol. The molecule has 1 aromatic carbocycles. The number of benzene rings is 1. The van der Waals surface area contributed by atoms with Crippen LogP contribution in [0.4, 0.5) is 5.69 Å². The molecule has 5 heteroatoms. The van der Waals surface area contributed by atoms with Crippen molar-refractivity contribution in [2.75, 3.05) is 18.8 Å². The Morgan fingerprint density at radius 1 is 1.23 bits per heavy atom. The second kappa shape index (κ2) is 6.55. The number of anilines is 1. The number of nitrogens with zero attached hydrogens (tertiary/aromatic N) is 1. The van der Waals surface area contributed by atoms with Crippen molar-refractivity contribution in [3.63, 3.8) is 0 Å². The number of ether oxygens (including phenoxy) is 1. The van der Waals surface area contributed by atoms with Crippen LogP contribution < -0.4 is 15.8 Å². The Morgan fingerprint density at radius 3 is 2.68 bits per heavy atom. The minimum Gasteiger partial charge on any atom is -0.474 e. The Morgan fingerprint density at radius 2 is 2.00 bits per heavy atom. The van der Waals surface area contributed by atoms with Gasteiger partial charge in [-0.15, -0.1) is 0 Å². The first kappa shape index (κ1) is 15.1. The summed E-state index contributed by atoms with van der Waals surface area (Å²) in [5.41, 5.74) is 7.86. The lowest BCUT2D eigenvalue weighted by Crippen LogP contribution is -2.29. The molecule has 0 aliphatic carbocycles. The number of hydrogen-bond donors (Lipinski definition) is 2. The van der Waals surface area contributed by atoms with Gasteiger partial charge < -0.3 is 15.8 Å². The fourth-order valence-electron chi connectivity index (χ4n) is 3.01. The lowest BCUT2D eigenvalue weighted by molar-refractivity contribution is 0.145. The van der Waals surface area contributed by atoms with Crippen molar-refractivity contribution in [2.45, 2.75) is 18.9 Å². The molecule has 3 N–H and O–H groups in total. The highest BCUT2D eigenvalue weighted by Gasteiger charge is 2.33. The first-order valence-electron chi connectivity index (χ1n) is 7.48. The van der Waals surface area contributed by atoms with Crippen molar-refractivity contribution in [2.24, 2.45) is 5.92 Å². The van der Waals surface area contributed by atoms with E-state index in [0.29, 0.717) is 22.7 Å². The van der Waals surface area contributed by atoms with Crippen LogP contribution in [-0.2, 0) is 0 Å². The summed E-state index contributed by atoms with van der Waals surface area (Å²) in [5.74, 6) is 1.42. The molecule has 0 saturated carbocycles. The maximum absolute atomic E-state index is 5.99. The number of rotatable bonds is 4. The maximum atomic E-state index is 5.99. The molecular formula is C17H20ClN3O. The SMILES string of the molecule is C[C@H](Oc1ccc(Cl)cn1)[C@H]1CNC[C@@H]1c1ccc(N)cc1. The number of nitrogens with one attached hydrogen (secondary N) is 1. The molecule has 1 aromatic heterocycles. The smallest absolute Gasteiger partial charge is 0.213 e. The Kier molecular flexibility index (Phi) is 4.50. The Hall–Kier alpha value is -1.78. The average molecular weight is 318 g/mol. The van der Waals surface area contributed by atoms with Gasteiger partial charge in [-0.25, -0.2) is 4.98 Å². The summed E-state index contributed by atoms with van der Waals surface area (Å²) in [6.07, 6.45) is 1.67. The average Bonchev–Trinajstić information content (AvgIpc) is 3.00. The van der Waals surface area contributed by atoms with Crippen LogP contribution in [-0.4, -0.2) is 24.2 Å². The van der Waals surface area contributed by atoms with Crippen LogP contribution in [0.15, 0.2) is 42.6 Å². The summed E-state index contributed by atoms with van der Waals surface area (Å²) in [5, 5.41) is 4.07. The number of nitrogen functional groups attached to an aromatic ring is 1. The predicted octanol–water partition coefficient (Wildman–Crippen LogP) is 3.09. The van der Waals surface area contributed by atoms with Crippen molar-refractivity contribution >= 4 is 17.3 Å². The van der Waals surface area contributed by atoms with Crippen LogP contribution in [0.1, 0.15) is 18.4 Å².